The van der Waals surface area contributed by atoms with Crippen molar-refractivity contribution in [1.82, 2.24) is 9.97 Å². The van der Waals surface area contributed by atoms with Gasteiger partial charge in [0.05, 0.1) is 24.1 Å². The van der Waals surface area contributed by atoms with Crippen LogP contribution in [0.15, 0.2) is 30.6 Å². The van der Waals surface area contributed by atoms with E-state index < -0.39 is 6.43 Å². The molecular weight excluding hydrogens is 250 g/mol. The summed E-state index contributed by atoms with van der Waals surface area (Å²) in [7, 11) is 0. The highest BCUT2D eigenvalue weighted by Gasteiger charge is 2.13. The first-order chi connectivity index (χ1) is 9.06. The molecule has 0 fully saturated rings. The first kappa shape index (κ1) is 13.2. The Kier molecular flexibility index (Phi) is 3.89. The lowest BCUT2D eigenvalue weighted by Gasteiger charge is -2.12. The minimum absolute atomic E-state index is 0.111. The van der Waals surface area contributed by atoms with Gasteiger partial charge in [0, 0.05) is 23.1 Å². The first-order valence-corrected chi connectivity index (χ1v) is 5.75. The van der Waals surface area contributed by atoms with Crippen LogP contribution in [0.5, 0.6) is 0 Å². The van der Waals surface area contributed by atoms with Crippen LogP contribution in [0.1, 0.15) is 23.4 Å². The molecule has 19 heavy (non-hydrogen) atoms. The van der Waals surface area contributed by atoms with Crippen LogP contribution in [-0.2, 0) is 6.54 Å². The fourth-order valence-electron chi connectivity index (χ4n) is 1.62. The van der Waals surface area contributed by atoms with E-state index in [-0.39, 0.29) is 5.56 Å². The Morgan fingerprint density at radius 3 is 2.68 bits per heavy atom. The van der Waals surface area contributed by atoms with Crippen molar-refractivity contribution in [2.45, 2.75) is 19.9 Å². The Morgan fingerprint density at radius 1 is 1.26 bits per heavy atom. The van der Waals surface area contributed by atoms with Crippen molar-refractivity contribution in [2.75, 3.05) is 11.1 Å². The summed E-state index contributed by atoms with van der Waals surface area (Å²) in [6, 6.07) is 4.39. The van der Waals surface area contributed by atoms with Crippen molar-refractivity contribution in [2.24, 2.45) is 0 Å². The summed E-state index contributed by atoms with van der Waals surface area (Å²) >= 11 is 0. The van der Waals surface area contributed by atoms with Crippen LogP contribution >= 0.6 is 0 Å². The second-order valence-electron chi connectivity index (χ2n) is 4.15. The molecule has 3 N–H and O–H groups in total. The molecule has 2 rings (SSSR count). The van der Waals surface area contributed by atoms with Gasteiger partial charge in [-0.15, -0.1) is 0 Å². The summed E-state index contributed by atoms with van der Waals surface area (Å²) in [5.74, 6) is 0. The number of benzene rings is 1. The molecule has 0 aliphatic rings. The molecule has 0 aliphatic heterocycles. The molecule has 0 radical (unpaired) electrons. The third kappa shape index (κ3) is 3.37. The van der Waals surface area contributed by atoms with Crippen LogP contribution in [0.2, 0.25) is 0 Å². The van der Waals surface area contributed by atoms with Crippen molar-refractivity contribution in [3.63, 3.8) is 0 Å². The number of halogens is 2. The van der Waals surface area contributed by atoms with Gasteiger partial charge in [-0.2, -0.15) is 0 Å². The van der Waals surface area contributed by atoms with Crippen molar-refractivity contribution >= 4 is 11.4 Å². The molecule has 0 spiro atoms. The third-order valence-corrected chi connectivity index (χ3v) is 2.61. The predicted octanol–water partition coefficient (Wildman–Crippen LogP) is 2.92. The third-order valence-electron chi connectivity index (χ3n) is 2.61. The molecule has 0 saturated heterocycles. The second-order valence-corrected chi connectivity index (χ2v) is 4.15. The summed E-state index contributed by atoms with van der Waals surface area (Å²) in [6.45, 7) is 2.16. The van der Waals surface area contributed by atoms with Crippen molar-refractivity contribution in [3.05, 3.63) is 47.5 Å². The fourth-order valence-corrected chi connectivity index (χ4v) is 1.62. The number of alkyl halides is 2. The Bertz CT molecular complexity index is 555. The summed E-state index contributed by atoms with van der Waals surface area (Å²) < 4.78 is 25.7. The van der Waals surface area contributed by atoms with E-state index in [2.05, 4.69) is 15.3 Å². The summed E-state index contributed by atoms with van der Waals surface area (Å²) in [5.41, 5.74) is 7.56. The predicted molar refractivity (Wildman–Crippen MR) is 69.9 cm³/mol. The topological polar surface area (TPSA) is 63.8 Å². The number of nitrogen functional groups attached to an aromatic ring is 1. The highest BCUT2D eigenvalue weighted by Crippen LogP contribution is 2.29. The molecule has 6 heteroatoms. The minimum atomic E-state index is -2.57. The molecule has 0 aliphatic carbocycles. The van der Waals surface area contributed by atoms with Crippen LogP contribution < -0.4 is 11.1 Å². The fraction of sp³-hybridized carbons (Fsp3) is 0.231. The van der Waals surface area contributed by atoms with Crippen LogP contribution in [0.25, 0.3) is 0 Å². The number of aromatic nitrogens is 2. The van der Waals surface area contributed by atoms with Crippen LogP contribution in [-0.4, -0.2) is 9.97 Å². The van der Waals surface area contributed by atoms with E-state index in [1.54, 1.807) is 24.5 Å². The van der Waals surface area contributed by atoms with Gasteiger partial charge < -0.3 is 11.1 Å². The number of rotatable bonds is 4. The number of hydrogen-bond acceptors (Lipinski definition) is 4. The quantitative estimate of drug-likeness (QED) is 0.833. The van der Waals surface area contributed by atoms with E-state index in [1.165, 1.54) is 6.07 Å². The molecule has 0 amide bonds. The van der Waals surface area contributed by atoms with Gasteiger partial charge >= 0.3 is 0 Å². The van der Waals surface area contributed by atoms with Gasteiger partial charge in [-0.3, -0.25) is 9.97 Å². The molecule has 100 valence electrons. The van der Waals surface area contributed by atoms with Gasteiger partial charge in [-0.05, 0) is 25.1 Å². The van der Waals surface area contributed by atoms with E-state index in [1.807, 2.05) is 6.92 Å². The molecule has 4 nitrogen and oxygen atoms in total. The largest absolute Gasteiger partial charge is 0.399 e. The summed E-state index contributed by atoms with van der Waals surface area (Å²) in [6.07, 6.45) is 0.672. The molecule has 0 atom stereocenters. The zero-order chi connectivity index (χ0) is 13.8. The molecule has 0 unspecified atom stereocenters. The molecule has 1 aromatic carbocycles. The molecule has 1 aromatic heterocycles. The molecule has 0 saturated carbocycles. The maximum absolute atomic E-state index is 12.9. The van der Waals surface area contributed by atoms with Crippen LogP contribution in [0.3, 0.4) is 0 Å². The summed E-state index contributed by atoms with van der Waals surface area (Å²) in [5, 5.41) is 2.92. The second kappa shape index (κ2) is 5.60. The van der Waals surface area contributed by atoms with Crippen LogP contribution in [0.4, 0.5) is 20.2 Å². The van der Waals surface area contributed by atoms with Crippen molar-refractivity contribution in [1.29, 1.82) is 0 Å². The lowest BCUT2D eigenvalue weighted by atomic mass is 10.1. The van der Waals surface area contributed by atoms with E-state index in [4.69, 9.17) is 5.73 Å². The molecule has 2 aromatic rings. The monoisotopic (exact) mass is 264 g/mol. The SMILES string of the molecule is Cc1cnc(CNc2ccc(N)cc2C(F)F)cn1. The Hall–Kier alpha value is -2.24. The van der Waals surface area contributed by atoms with Gasteiger partial charge in [0.1, 0.15) is 0 Å². The number of hydrogen-bond donors (Lipinski definition) is 2. The lowest BCUT2D eigenvalue weighted by molar-refractivity contribution is 0.152. The highest BCUT2D eigenvalue weighted by molar-refractivity contribution is 5.58. The molecule has 1 heterocycles. The number of nitrogens with zero attached hydrogens (tertiary/aromatic N) is 2. The number of aryl methyl sites for hydroxylation is 1. The van der Waals surface area contributed by atoms with Gasteiger partial charge in [-0.25, -0.2) is 8.78 Å². The van der Waals surface area contributed by atoms with Crippen LogP contribution in [0, 0.1) is 6.92 Å². The van der Waals surface area contributed by atoms with Crippen molar-refractivity contribution in [3.8, 4) is 0 Å². The number of nitrogens with two attached hydrogens (primary N) is 1. The smallest absolute Gasteiger partial charge is 0.265 e. The standard InChI is InChI=1S/C13H14F2N4/c1-8-5-18-10(6-17-8)7-19-12-3-2-9(16)4-11(12)13(14)15/h2-6,13,19H,7,16H2,1H3. The number of anilines is 2. The van der Waals surface area contributed by atoms with Gasteiger partial charge in [0.2, 0.25) is 0 Å². The Balaban J connectivity index is 2.13. The lowest BCUT2D eigenvalue weighted by Crippen LogP contribution is -2.05. The molecular formula is C13H14F2N4. The average Bonchev–Trinajstić information content (AvgIpc) is 2.39. The Labute approximate surface area is 109 Å². The minimum Gasteiger partial charge on any atom is -0.399 e. The maximum Gasteiger partial charge on any atom is 0.265 e. The van der Waals surface area contributed by atoms with E-state index in [0.717, 1.165) is 5.69 Å². The van der Waals surface area contributed by atoms with E-state index in [9.17, 15) is 8.78 Å². The average molecular weight is 264 g/mol. The van der Waals surface area contributed by atoms with Gasteiger partial charge in [0.25, 0.3) is 6.43 Å². The van der Waals surface area contributed by atoms with Crippen molar-refractivity contribution < 1.29 is 8.78 Å². The van der Waals surface area contributed by atoms with Gasteiger partial charge in [0.15, 0.2) is 0 Å². The first-order valence-electron chi connectivity index (χ1n) is 5.75. The van der Waals surface area contributed by atoms with E-state index in [0.29, 0.717) is 23.6 Å². The van der Waals surface area contributed by atoms with Gasteiger partial charge in [-0.1, -0.05) is 0 Å². The normalized spacial score (nSPS) is 10.7. The summed E-state index contributed by atoms with van der Waals surface area (Å²) in [4.78, 5) is 8.24. The van der Waals surface area contributed by atoms with E-state index >= 15 is 0 Å². The highest BCUT2D eigenvalue weighted by atomic mass is 19.3. The zero-order valence-corrected chi connectivity index (χ0v) is 10.4. The maximum atomic E-state index is 12.9. The Morgan fingerprint density at radius 2 is 2.05 bits per heavy atom. The zero-order valence-electron chi connectivity index (χ0n) is 10.4. The number of nitrogens with one attached hydrogen (secondary N) is 1. The molecule has 0 bridgehead atoms.